The van der Waals surface area contributed by atoms with Crippen molar-refractivity contribution < 1.29 is 9.85 Å². The number of para-hydroxylation sites is 1. The van der Waals surface area contributed by atoms with Gasteiger partial charge in [0.1, 0.15) is 0 Å². The zero-order chi connectivity index (χ0) is 18.7. The van der Waals surface area contributed by atoms with Crippen LogP contribution in [0.3, 0.4) is 0 Å². The van der Waals surface area contributed by atoms with Gasteiger partial charge in [0.25, 0.3) is 11.4 Å². The maximum absolute atomic E-state index is 11.6. The second-order valence-electron chi connectivity index (χ2n) is 7.90. The molecule has 3 aliphatic rings. The van der Waals surface area contributed by atoms with E-state index in [4.69, 9.17) is 0 Å². The molecule has 2 aliphatic carbocycles. The molecule has 0 amide bonds. The van der Waals surface area contributed by atoms with E-state index in [1.54, 1.807) is 24.3 Å². The van der Waals surface area contributed by atoms with E-state index < -0.39 is 0 Å². The Bertz CT molecular complexity index is 960. The van der Waals surface area contributed by atoms with Crippen LogP contribution < -0.4 is 5.32 Å². The van der Waals surface area contributed by atoms with Crippen LogP contribution in [0.25, 0.3) is 0 Å². The molecule has 27 heavy (non-hydrogen) atoms. The molecule has 0 radical (unpaired) electrons. The van der Waals surface area contributed by atoms with Crippen molar-refractivity contribution in [3.05, 3.63) is 73.8 Å². The molecular formula is C20H19N3O4. The first-order valence-electron chi connectivity index (χ1n) is 9.33. The average molecular weight is 365 g/mol. The van der Waals surface area contributed by atoms with Crippen molar-refractivity contribution in [1.29, 1.82) is 0 Å². The van der Waals surface area contributed by atoms with Crippen LogP contribution in [0.5, 0.6) is 0 Å². The third-order valence-electron chi connectivity index (χ3n) is 6.75. The molecule has 0 saturated heterocycles. The summed E-state index contributed by atoms with van der Waals surface area (Å²) in [5, 5.41) is 26.3. The Morgan fingerprint density at radius 3 is 2.48 bits per heavy atom. The number of hydrogen-bond acceptors (Lipinski definition) is 5. The number of hydrogen-bond donors (Lipinski definition) is 1. The van der Waals surface area contributed by atoms with Gasteiger partial charge in [-0.25, -0.2) is 0 Å². The van der Waals surface area contributed by atoms with Gasteiger partial charge in [-0.15, -0.1) is 0 Å². The van der Waals surface area contributed by atoms with Gasteiger partial charge < -0.3 is 5.32 Å². The van der Waals surface area contributed by atoms with Crippen LogP contribution in [0.1, 0.15) is 42.3 Å². The lowest BCUT2D eigenvalue weighted by Gasteiger charge is -2.43. The summed E-state index contributed by atoms with van der Waals surface area (Å²) in [6.45, 7) is 0. The predicted molar refractivity (Wildman–Crippen MR) is 99.6 cm³/mol. The highest BCUT2D eigenvalue weighted by Crippen LogP contribution is 2.64. The highest BCUT2D eigenvalue weighted by atomic mass is 16.6. The molecule has 5 atom stereocenters. The quantitative estimate of drug-likeness (QED) is 0.622. The molecule has 2 bridgehead atoms. The number of nitrogens with zero attached hydrogens (tertiary/aromatic N) is 2. The highest BCUT2D eigenvalue weighted by molar-refractivity contribution is 5.63. The molecule has 0 unspecified atom stereocenters. The number of rotatable bonds is 3. The second-order valence-corrected chi connectivity index (χ2v) is 7.90. The van der Waals surface area contributed by atoms with Gasteiger partial charge in [0.2, 0.25) is 0 Å². The van der Waals surface area contributed by atoms with Crippen molar-refractivity contribution in [3.63, 3.8) is 0 Å². The Morgan fingerprint density at radius 2 is 1.70 bits per heavy atom. The Balaban J connectivity index is 1.66. The summed E-state index contributed by atoms with van der Waals surface area (Å²) >= 11 is 0. The van der Waals surface area contributed by atoms with Crippen LogP contribution in [-0.4, -0.2) is 9.85 Å². The minimum Gasteiger partial charge on any atom is -0.377 e. The van der Waals surface area contributed by atoms with Crippen molar-refractivity contribution in [3.8, 4) is 0 Å². The lowest BCUT2D eigenvalue weighted by Crippen LogP contribution is -2.35. The van der Waals surface area contributed by atoms with E-state index in [1.807, 2.05) is 12.1 Å². The summed E-state index contributed by atoms with van der Waals surface area (Å²) in [5.41, 5.74) is 2.85. The Hall–Kier alpha value is -2.96. The van der Waals surface area contributed by atoms with Gasteiger partial charge in [-0.05, 0) is 54.6 Å². The fourth-order valence-electron chi connectivity index (χ4n) is 5.81. The number of nitrogens with one attached hydrogen (secondary N) is 1. The summed E-state index contributed by atoms with van der Waals surface area (Å²) in [7, 11) is 0. The molecule has 2 aromatic rings. The van der Waals surface area contributed by atoms with Gasteiger partial charge in [-0.1, -0.05) is 18.2 Å². The van der Waals surface area contributed by atoms with Gasteiger partial charge >= 0.3 is 0 Å². The van der Waals surface area contributed by atoms with Gasteiger partial charge in [-0.3, -0.25) is 20.2 Å². The third-order valence-corrected chi connectivity index (χ3v) is 6.75. The third kappa shape index (κ3) is 2.34. The van der Waals surface area contributed by atoms with Crippen molar-refractivity contribution in [1.82, 2.24) is 0 Å². The van der Waals surface area contributed by atoms with Crippen LogP contribution in [0.2, 0.25) is 0 Å². The Labute approximate surface area is 155 Å². The molecule has 2 fully saturated rings. The number of non-ortho nitro benzene ring substituents is 1. The maximum Gasteiger partial charge on any atom is 0.274 e. The van der Waals surface area contributed by atoms with Gasteiger partial charge in [-0.2, -0.15) is 0 Å². The van der Waals surface area contributed by atoms with E-state index in [-0.39, 0.29) is 39.1 Å². The molecule has 7 nitrogen and oxygen atoms in total. The topological polar surface area (TPSA) is 98.3 Å². The zero-order valence-corrected chi connectivity index (χ0v) is 14.6. The molecule has 5 rings (SSSR count). The zero-order valence-electron chi connectivity index (χ0n) is 14.6. The van der Waals surface area contributed by atoms with E-state index in [1.165, 1.54) is 6.07 Å². The largest absolute Gasteiger partial charge is 0.377 e. The van der Waals surface area contributed by atoms with Crippen molar-refractivity contribution >= 4 is 17.1 Å². The number of benzene rings is 2. The van der Waals surface area contributed by atoms with Crippen LogP contribution in [-0.2, 0) is 0 Å². The summed E-state index contributed by atoms with van der Waals surface area (Å²) in [4.78, 5) is 22.2. The molecule has 2 aromatic carbocycles. The van der Waals surface area contributed by atoms with Crippen LogP contribution in [0.15, 0.2) is 42.5 Å². The summed E-state index contributed by atoms with van der Waals surface area (Å²) in [5.74, 6) is 1.47. The van der Waals surface area contributed by atoms with E-state index in [9.17, 15) is 20.2 Å². The van der Waals surface area contributed by atoms with E-state index >= 15 is 0 Å². The van der Waals surface area contributed by atoms with Crippen molar-refractivity contribution in [2.24, 2.45) is 17.8 Å². The molecule has 0 spiro atoms. The fraction of sp³-hybridized carbons (Fsp3) is 0.400. The van der Waals surface area contributed by atoms with E-state index in [2.05, 4.69) is 5.32 Å². The average Bonchev–Trinajstić information content (AvgIpc) is 3.29. The van der Waals surface area contributed by atoms with E-state index in [0.717, 1.165) is 30.5 Å². The fourth-order valence-corrected chi connectivity index (χ4v) is 5.81. The maximum atomic E-state index is 11.6. The molecule has 1 aliphatic heterocycles. The predicted octanol–water partition coefficient (Wildman–Crippen LogP) is 4.80. The van der Waals surface area contributed by atoms with Crippen LogP contribution in [0.4, 0.5) is 17.1 Å². The van der Waals surface area contributed by atoms with Crippen molar-refractivity contribution in [2.45, 2.75) is 31.2 Å². The number of nitro benzene ring substituents is 2. The molecular weight excluding hydrogens is 346 g/mol. The molecule has 1 heterocycles. The smallest absolute Gasteiger partial charge is 0.274 e. The summed E-state index contributed by atoms with van der Waals surface area (Å²) in [6, 6.07) is 11.8. The van der Waals surface area contributed by atoms with Gasteiger partial charge in [0.15, 0.2) is 0 Å². The first-order valence-corrected chi connectivity index (χ1v) is 9.33. The number of fused-ring (bicyclic) bond motifs is 7. The molecule has 7 heteroatoms. The SMILES string of the molecule is O=[N+]([O-])c1ccc2c(c1)[C@@H]1[C@H]3CC[C@@H](C3)[C@H]1[C@@H](c1ccccc1[N+](=O)[O-])N2. The molecule has 138 valence electrons. The lowest BCUT2D eigenvalue weighted by atomic mass is 9.68. The van der Waals surface area contributed by atoms with Crippen molar-refractivity contribution in [2.75, 3.05) is 5.32 Å². The molecule has 0 aromatic heterocycles. The molecule has 1 N–H and O–H groups in total. The van der Waals surface area contributed by atoms with Gasteiger partial charge in [0.05, 0.1) is 21.5 Å². The number of nitro groups is 2. The Morgan fingerprint density at radius 1 is 0.926 bits per heavy atom. The molecule has 2 saturated carbocycles. The minimum absolute atomic E-state index is 0.112. The summed E-state index contributed by atoms with van der Waals surface area (Å²) < 4.78 is 0. The van der Waals surface area contributed by atoms with E-state index in [0.29, 0.717) is 17.4 Å². The van der Waals surface area contributed by atoms with Crippen LogP contribution in [0, 0.1) is 38.0 Å². The van der Waals surface area contributed by atoms with Crippen LogP contribution >= 0.6 is 0 Å². The highest BCUT2D eigenvalue weighted by Gasteiger charge is 2.54. The lowest BCUT2D eigenvalue weighted by molar-refractivity contribution is -0.385. The summed E-state index contributed by atoms with van der Waals surface area (Å²) in [6.07, 6.45) is 3.38. The minimum atomic E-state index is -0.351. The van der Waals surface area contributed by atoms with Gasteiger partial charge in [0, 0.05) is 23.9 Å². The second kappa shape index (κ2) is 5.77. The monoisotopic (exact) mass is 365 g/mol. The first kappa shape index (κ1) is 16.2. The standard InChI is InChI=1S/C20H19N3O4/c24-22(25)13-7-8-16-15(10-13)18-11-5-6-12(9-11)19(18)20(21-16)14-3-1-2-4-17(14)23(26)27/h1-4,7-8,10-12,18-21H,5-6,9H2/t11-,12-,18-,19+,20+/m0/s1. The normalized spacial score (nSPS) is 30.3. The first-order chi connectivity index (χ1) is 13.0. The number of anilines is 1. The Kier molecular flexibility index (Phi) is 3.47.